The first kappa shape index (κ1) is 15.6. The summed E-state index contributed by atoms with van der Waals surface area (Å²) >= 11 is 0. The van der Waals surface area contributed by atoms with Crippen LogP contribution in [0.15, 0.2) is 42.5 Å². The molecule has 1 heterocycles. The first-order chi connectivity index (χ1) is 11.0. The molecule has 1 N–H and O–H groups in total. The van der Waals surface area contributed by atoms with Crippen LogP contribution in [0.25, 0.3) is 0 Å². The van der Waals surface area contributed by atoms with E-state index < -0.39 is 0 Å². The smallest absolute Gasteiger partial charge is 0.317 e. The first-order valence-corrected chi connectivity index (χ1v) is 8.26. The van der Waals surface area contributed by atoms with Gasteiger partial charge in [0.15, 0.2) is 0 Å². The van der Waals surface area contributed by atoms with E-state index in [1.54, 1.807) is 0 Å². The van der Waals surface area contributed by atoms with E-state index in [0.717, 1.165) is 36.2 Å². The average Bonchev–Trinajstić information content (AvgIpc) is 3.00. The molecule has 1 aliphatic heterocycles. The van der Waals surface area contributed by atoms with Crippen LogP contribution in [0, 0.1) is 20.8 Å². The largest absolute Gasteiger partial charge is 0.322 e. The van der Waals surface area contributed by atoms with E-state index in [1.807, 2.05) is 30.9 Å². The number of hydrogen-bond donors (Lipinski definition) is 1. The molecule has 1 unspecified atom stereocenters. The van der Waals surface area contributed by atoms with Gasteiger partial charge in [-0.15, -0.1) is 0 Å². The summed E-state index contributed by atoms with van der Waals surface area (Å²) in [6.45, 7) is 6.98. The van der Waals surface area contributed by atoms with Crippen molar-refractivity contribution < 1.29 is 4.79 Å². The first-order valence-electron chi connectivity index (χ1n) is 8.26. The highest BCUT2D eigenvalue weighted by Gasteiger charge is 2.30. The Balaban J connectivity index is 1.79. The molecule has 0 aliphatic carbocycles. The zero-order chi connectivity index (χ0) is 16.4. The van der Waals surface area contributed by atoms with Crippen LogP contribution < -0.4 is 5.32 Å². The van der Waals surface area contributed by atoms with Crippen molar-refractivity contribution in [2.75, 3.05) is 11.9 Å². The van der Waals surface area contributed by atoms with Crippen LogP contribution in [0.1, 0.15) is 41.1 Å². The van der Waals surface area contributed by atoms with Crippen molar-refractivity contribution in [2.24, 2.45) is 0 Å². The number of aryl methyl sites for hydroxylation is 3. The minimum absolute atomic E-state index is 0.00251. The molecule has 2 amide bonds. The number of likely N-dealkylation sites (tertiary alicyclic amines) is 1. The van der Waals surface area contributed by atoms with Gasteiger partial charge in [0, 0.05) is 12.2 Å². The molecule has 3 nitrogen and oxygen atoms in total. The normalized spacial score (nSPS) is 17.3. The average molecular weight is 308 g/mol. The van der Waals surface area contributed by atoms with Crippen molar-refractivity contribution in [3.05, 3.63) is 64.7 Å². The van der Waals surface area contributed by atoms with Gasteiger partial charge >= 0.3 is 6.03 Å². The second-order valence-electron chi connectivity index (χ2n) is 6.51. The quantitative estimate of drug-likeness (QED) is 0.833. The maximum atomic E-state index is 12.8. The third-order valence-corrected chi connectivity index (χ3v) is 4.58. The van der Waals surface area contributed by atoms with Gasteiger partial charge in [-0.1, -0.05) is 42.0 Å². The molecule has 1 atom stereocenters. The van der Waals surface area contributed by atoms with Crippen molar-refractivity contribution in [3.63, 3.8) is 0 Å². The van der Waals surface area contributed by atoms with Crippen molar-refractivity contribution >= 4 is 11.7 Å². The fraction of sp³-hybridized carbons (Fsp3) is 0.350. The van der Waals surface area contributed by atoms with Gasteiger partial charge in [0.05, 0.1) is 6.04 Å². The summed E-state index contributed by atoms with van der Waals surface area (Å²) in [5.74, 6) is 0. The lowest BCUT2D eigenvalue weighted by atomic mass is 10.0. The number of urea groups is 1. The molecular formula is C20H24N2O. The van der Waals surface area contributed by atoms with Gasteiger partial charge < -0.3 is 10.2 Å². The minimum Gasteiger partial charge on any atom is -0.317 e. The fourth-order valence-electron chi connectivity index (χ4n) is 3.29. The number of anilines is 1. The number of hydrogen-bond acceptors (Lipinski definition) is 1. The van der Waals surface area contributed by atoms with Crippen molar-refractivity contribution in [1.29, 1.82) is 0 Å². The Kier molecular flexibility index (Phi) is 4.37. The number of benzene rings is 2. The van der Waals surface area contributed by atoms with E-state index in [-0.39, 0.29) is 12.1 Å². The lowest BCUT2D eigenvalue weighted by Crippen LogP contribution is -2.34. The van der Waals surface area contributed by atoms with Gasteiger partial charge in [-0.05, 0) is 56.4 Å². The maximum absolute atomic E-state index is 12.8. The zero-order valence-corrected chi connectivity index (χ0v) is 14.1. The third-order valence-electron chi connectivity index (χ3n) is 4.58. The lowest BCUT2D eigenvalue weighted by Gasteiger charge is -2.26. The zero-order valence-electron chi connectivity index (χ0n) is 14.1. The molecule has 23 heavy (non-hydrogen) atoms. The van der Waals surface area contributed by atoms with Gasteiger partial charge in [0.1, 0.15) is 0 Å². The molecule has 1 fully saturated rings. The van der Waals surface area contributed by atoms with Crippen LogP contribution in [-0.4, -0.2) is 17.5 Å². The molecule has 2 aromatic carbocycles. The van der Waals surface area contributed by atoms with E-state index in [4.69, 9.17) is 0 Å². The van der Waals surface area contributed by atoms with Gasteiger partial charge in [-0.25, -0.2) is 4.79 Å². The molecule has 0 spiro atoms. The van der Waals surface area contributed by atoms with Crippen molar-refractivity contribution in [2.45, 2.75) is 39.7 Å². The summed E-state index contributed by atoms with van der Waals surface area (Å²) in [7, 11) is 0. The van der Waals surface area contributed by atoms with E-state index in [9.17, 15) is 4.79 Å². The predicted octanol–water partition coefficient (Wildman–Crippen LogP) is 4.98. The highest BCUT2D eigenvalue weighted by atomic mass is 16.2. The van der Waals surface area contributed by atoms with Crippen molar-refractivity contribution in [3.8, 4) is 0 Å². The summed E-state index contributed by atoms with van der Waals surface area (Å²) < 4.78 is 0. The summed E-state index contributed by atoms with van der Waals surface area (Å²) in [6, 6.07) is 14.8. The number of carbonyl (C=O) groups excluding carboxylic acids is 1. The fourth-order valence-corrected chi connectivity index (χ4v) is 3.29. The van der Waals surface area contributed by atoms with E-state index in [0.29, 0.717) is 0 Å². The summed E-state index contributed by atoms with van der Waals surface area (Å²) in [4.78, 5) is 14.7. The minimum atomic E-state index is 0.00251. The number of rotatable bonds is 2. The molecule has 0 radical (unpaired) electrons. The van der Waals surface area contributed by atoms with Gasteiger partial charge in [0.2, 0.25) is 0 Å². The van der Waals surface area contributed by atoms with Crippen LogP contribution in [0.2, 0.25) is 0 Å². The van der Waals surface area contributed by atoms with Crippen molar-refractivity contribution in [1.82, 2.24) is 4.90 Å². The predicted molar refractivity (Wildman–Crippen MR) is 94.8 cm³/mol. The van der Waals surface area contributed by atoms with Crippen LogP contribution >= 0.6 is 0 Å². The van der Waals surface area contributed by atoms with Crippen LogP contribution in [-0.2, 0) is 0 Å². The highest BCUT2D eigenvalue weighted by Crippen LogP contribution is 2.33. The molecule has 0 saturated carbocycles. The lowest BCUT2D eigenvalue weighted by molar-refractivity contribution is 0.207. The molecule has 0 bridgehead atoms. The van der Waals surface area contributed by atoms with Crippen LogP contribution in [0.5, 0.6) is 0 Å². The molecule has 3 heteroatoms. The molecular weight excluding hydrogens is 284 g/mol. The Morgan fingerprint density at radius 3 is 2.65 bits per heavy atom. The standard InChI is InChI=1S/C20H24N2O/c1-14-6-4-7-17(12-14)19-8-5-11-22(19)20(23)21-18-13-15(2)9-10-16(18)3/h4,6-7,9-10,12-13,19H,5,8,11H2,1-3H3,(H,21,23). The third kappa shape index (κ3) is 3.39. The van der Waals surface area contributed by atoms with E-state index in [2.05, 4.69) is 42.6 Å². The maximum Gasteiger partial charge on any atom is 0.322 e. The van der Waals surface area contributed by atoms with Gasteiger partial charge in [-0.2, -0.15) is 0 Å². The molecule has 1 aliphatic rings. The Hall–Kier alpha value is -2.29. The monoisotopic (exact) mass is 308 g/mol. The molecule has 120 valence electrons. The van der Waals surface area contributed by atoms with Gasteiger partial charge in [-0.3, -0.25) is 0 Å². The molecule has 3 rings (SSSR count). The number of nitrogens with one attached hydrogen (secondary N) is 1. The SMILES string of the molecule is Cc1cccc(C2CCCN2C(=O)Nc2cc(C)ccc2C)c1. The number of nitrogens with zero attached hydrogens (tertiary/aromatic N) is 1. The summed E-state index contributed by atoms with van der Waals surface area (Å²) in [6.07, 6.45) is 2.09. The Labute approximate surface area is 138 Å². The second-order valence-corrected chi connectivity index (χ2v) is 6.51. The second kappa shape index (κ2) is 6.45. The van der Waals surface area contributed by atoms with E-state index >= 15 is 0 Å². The van der Waals surface area contributed by atoms with Gasteiger partial charge in [0.25, 0.3) is 0 Å². The molecule has 0 aromatic heterocycles. The summed E-state index contributed by atoms with van der Waals surface area (Å²) in [5, 5.41) is 3.09. The number of carbonyl (C=O) groups is 1. The Morgan fingerprint density at radius 1 is 1.09 bits per heavy atom. The number of amides is 2. The topological polar surface area (TPSA) is 32.3 Å². The van der Waals surface area contributed by atoms with Crippen LogP contribution in [0.3, 0.4) is 0 Å². The van der Waals surface area contributed by atoms with E-state index in [1.165, 1.54) is 11.1 Å². The Bertz CT molecular complexity index is 723. The molecule has 2 aromatic rings. The summed E-state index contributed by atoms with van der Waals surface area (Å²) in [5.41, 5.74) is 5.63. The highest BCUT2D eigenvalue weighted by molar-refractivity contribution is 5.90. The molecule has 1 saturated heterocycles. The van der Waals surface area contributed by atoms with Crippen LogP contribution in [0.4, 0.5) is 10.5 Å². The Morgan fingerprint density at radius 2 is 1.87 bits per heavy atom.